The maximum absolute atomic E-state index is 11.0. The molecule has 90 valence electrons. The molecule has 0 amide bonds. The molecule has 0 saturated carbocycles. The first-order valence-corrected chi connectivity index (χ1v) is 7.43. The summed E-state index contributed by atoms with van der Waals surface area (Å²) in [5.74, 6) is 0.0973. The molecule has 0 aliphatic heterocycles. The zero-order valence-corrected chi connectivity index (χ0v) is 11.0. The molecule has 0 fully saturated rings. The van der Waals surface area contributed by atoms with Gasteiger partial charge in [0.1, 0.15) is 9.84 Å². The molecule has 0 saturated heterocycles. The summed E-state index contributed by atoms with van der Waals surface area (Å²) >= 11 is 5.88. The minimum absolute atomic E-state index is 0.0973. The van der Waals surface area contributed by atoms with Crippen LogP contribution in [-0.2, 0) is 9.84 Å². The molecule has 1 aromatic carbocycles. The number of aryl methyl sites for hydroxylation is 1. The number of rotatable bonds is 4. The van der Waals surface area contributed by atoms with Crippen LogP contribution in [0, 0.1) is 6.92 Å². The summed E-state index contributed by atoms with van der Waals surface area (Å²) in [5, 5.41) is 0.621. The minimum atomic E-state index is -2.96. The van der Waals surface area contributed by atoms with Gasteiger partial charge in [-0.3, -0.25) is 0 Å². The minimum Gasteiger partial charge on any atom is -0.324 e. The largest absolute Gasteiger partial charge is 0.324 e. The van der Waals surface area contributed by atoms with E-state index in [1.807, 2.05) is 13.0 Å². The Balaban J connectivity index is 2.80. The normalized spacial score (nSPS) is 13.8. The molecule has 0 radical (unpaired) electrons. The summed E-state index contributed by atoms with van der Waals surface area (Å²) in [7, 11) is -2.96. The molecular weight excluding hydrogens is 246 g/mol. The topological polar surface area (TPSA) is 60.2 Å². The van der Waals surface area contributed by atoms with Crippen LogP contribution in [0.4, 0.5) is 0 Å². The summed E-state index contributed by atoms with van der Waals surface area (Å²) in [5.41, 5.74) is 7.89. The smallest absolute Gasteiger partial charge is 0.147 e. The predicted octanol–water partition coefficient (Wildman–Crippen LogP) is 2.08. The van der Waals surface area contributed by atoms with Gasteiger partial charge in [0, 0.05) is 17.3 Å². The number of nitrogens with two attached hydrogens (primary N) is 1. The average Bonchev–Trinajstić information content (AvgIpc) is 2.17. The van der Waals surface area contributed by atoms with Gasteiger partial charge in [-0.1, -0.05) is 17.7 Å². The lowest BCUT2D eigenvalue weighted by Crippen LogP contribution is -2.16. The molecule has 0 heterocycles. The number of hydrogen-bond acceptors (Lipinski definition) is 3. The predicted molar refractivity (Wildman–Crippen MR) is 67.4 cm³/mol. The SMILES string of the molecule is Cc1ccc(Cl)cc1C(N)CCS(C)(=O)=O. The van der Waals surface area contributed by atoms with Gasteiger partial charge in [-0.25, -0.2) is 8.42 Å². The lowest BCUT2D eigenvalue weighted by Gasteiger charge is -2.14. The number of hydrogen-bond donors (Lipinski definition) is 1. The van der Waals surface area contributed by atoms with E-state index in [0.717, 1.165) is 11.1 Å². The van der Waals surface area contributed by atoms with Crippen LogP contribution in [0.25, 0.3) is 0 Å². The Hall–Kier alpha value is -0.580. The van der Waals surface area contributed by atoms with Crippen molar-refractivity contribution in [3.63, 3.8) is 0 Å². The van der Waals surface area contributed by atoms with E-state index < -0.39 is 9.84 Å². The fourth-order valence-corrected chi connectivity index (χ4v) is 2.37. The van der Waals surface area contributed by atoms with Crippen LogP contribution in [0.15, 0.2) is 18.2 Å². The molecule has 5 heteroatoms. The molecule has 1 rings (SSSR count). The molecule has 0 bridgehead atoms. The molecule has 0 aliphatic rings. The van der Waals surface area contributed by atoms with E-state index in [4.69, 9.17) is 17.3 Å². The Morgan fingerprint density at radius 3 is 2.62 bits per heavy atom. The highest BCUT2D eigenvalue weighted by Gasteiger charge is 2.12. The summed E-state index contributed by atoms with van der Waals surface area (Å²) in [6.45, 7) is 1.94. The van der Waals surface area contributed by atoms with E-state index in [0.29, 0.717) is 11.4 Å². The van der Waals surface area contributed by atoms with Crippen LogP contribution in [0.5, 0.6) is 0 Å². The Kier molecular flexibility index (Phi) is 4.35. The first-order chi connectivity index (χ1) is 7.29. The number of benzene rings is 1. The Bertz CT molecular complexity index is 471. The zero-order valence-electron chi connectivity index (χ0n) is 9.40. The van der Waals surface area contributed by atoms with Crippen LogP contribution in [0.1, 0.15) is 23.6 Å². The number of halogens is 1. The monoisotopic (exact) mass is 261 g/mol. The second-order valence-corrected chi connectivity index (χ2v) is 6.72. The summed E-state index contributed by atoms with van der Waals surface area (Å²) in [6.07, 6.45) is 1.63. The van der Waals surface area contributed by atoms with Crippen molar-refractivity contribution in [2.45, 2.75) is 19.4 Å². The van der Waals surface area contributed by atoms with Gasteiger partial charge in [-0.15, -0.1) is 0 Å². The maximum atomic E-state index is 11.0. The van der Waals surface area contributed by atoms with E-state index in [9.17, 15) is 8.42 Å². The third kappa shape index (κ3) is 4.12. The average molecular weight is 262 g/mol. The van der Waals surface area contributed by atoms with Crippen molar-refractivity contribution >= 4 is 21.4 Å². The Labute approximate surface area is 102 Å². The molecule has 2 N–H and O–H groups in total. The van der Waals surface area contributed by atoms with Gasteiger partial charge >= 0.3 is 0 Å². The Morgan fingerprint density at radius 1 is 1.44 bits per heavy atom. The fraction of sp³-hybridized carbons (Fsp3) is 0.455. The second-order valence-electron chi connectivity index (χ2n) is 4.03. The molecule has 1 atom stereocenters. The van der Waals surface area contributed by atoms with Gasteiger partial charge in [0.25, 0.3) is 0 Å². The molecule has 1 aromatic rings. The van der Waals surface area contributed by atoms with Gasteiger partial charge in [0.05, 0.1) is 5.75 Å². The van der Waals surface area contributed by atoms with Crippen LogP contribution in [0.3, 0.4) is 0 Å². The maximum Gasteiger partial charge on any atom is 0.147 e. The van der Waals surface area contributed by atoms with Crippen LogP contribution >= 0.6 is 11.6 Å². The quantitative estimate of drug-likeness (QED) is 0.903. The number of sulfone groups is 1. The lowest BCUT2D eigenvalue weighted by atomic mass is 10.0. The van der Waals surface area contributed by atoms with Crippen LogP contribution < -0.4 is 5.73 Å². The highest BCUT2D eigenvalue weighted by molar-refractivity contribution is 7.90. The van der Waals surface area contributed by atoms with Crippen molar-refractivity contribution in [2.24, 2.45) is 5.73 Å². The van der Waals surface area contributed by atoms with Gasteiger partial charge < -0.3 is 5.73 Å². The second kappa shape index (κ2) is 5.17. The molecule has 0 spiro atoms. The molecular formula is C11H16ClNO2S. The third-order valence-corrected chi connectivity index (χ3v) is 3.65. The van der Waals surface area contributed by atoms with E-state index in [1.165, 1.54) is 6.26 Å². The zero-order chi connectivity index (χ0) is 12.3. The van der Waals surface area contributed by atoms with Gasteiger partial charge in [0.15, 0.2) is 0 Å². The first kappa shape index (κ1) is 13.5. The summed E-state index contributed by atoms with van der Waals surface area (Å²) < 4.78 is 22.1. The molecule has 1 unspecified atom stereocenters. The van der Waals surface area contributed by atoms with E-state index in [1.54, 1.807) is 12.1 Å². The van der Waals surface area contributed by atoms with Crippen molar-refractivity contribution in [1.29, 1.82) is 0 Å². The van der Waals surface area contributed by atoms with E-state index in [-0.39, 0.29) is 11.8 Å². The van der Waals surface area contributed by atoms with Crippen LogP contribution in [-0.4, -0.2) is 20.4 Å². The molecule has 3 nitrogen and oxygen atoms in total. The first-order valence-electron chi connectivity index (χ1n) is 4.99. The highest BCUT2D eigenvalue weighted by atomic mass is 35.5. The van der Waals surface area contributed by atoms with Crippen molar-refractivity contribution < 1.29 is 8.42 Å². The van der Waals surface area contributed by atoms with E-state index in [2.05, 4.69) is 0 Å². The van der Waals surface area contributed by atoms with Gasteiger partial charge in [0.2, 0.25) is 0 Å². The van der Waals surface area contributed by atoms with Crippen molar-refractivity contribution in [3.8, 4) is 0 Å². The summed E-state index contributed by atoms with van der Waals surface area (Å²) in [6, 6.07) is 5.19. The third-order valence-electron chi connectivity index (χ3n) is 2.44. The standard InChI is InChI=1S/C11H16ClNO2S/c1-8-3-4-9(12)7-10(8)11(13)5-6-16(2,14)15/h3-4,7,11H,5-6,13H2,1-2H3. The van der Waals surface area contributed by atoms with Gasteiger partial charge in [-0.2, -0.15) is 0 Å². The Morgan fingerprint density at radius 2 is 2.06 bits per heavy atom. The van der Waals surface area contributed by atoms with Gasteiger partial charge in [-0.05, 0) is 36.6 Å². The molecule has 0 aromatic heterocycles. The molecule has 16 heavy (non-hydrogen) atoms. The van der Waals surface area contributed by atoms with Crippen molar-refractivity contribution in [1.82, 2.24) is 0 Å². The lowest BCUT2D eigenvalue weighted by molar-refractivity contribution is 0.591. The van der Waals surface area contributed by atoms with E-state index >= 15 is 0 Å². The highest BCUT2D eigenvalue weighted by Crippen LogP contribution is 2.22. The van der Waals surface area contributed by atoms with Crippen molar-refractivity contribution in [3.05, 3.63) is 34.3 Å². The fourth-order valence-electron chi connectivity index (χ4n) is 1.51. The van der Waals surface area contributed by atoms with Crippen LogP contribution in [0.2, 0.25) is 5.02 Å². The summed E-state index contributed by atoms with van der Waals surface area (Å²) in [4.78, 5) is 0. The molecule has 0 aliphatic carbocycles. The van der Waals surface area contributed by atoms with Crippen molar-refractivity contribution in [2.75, 3.05) is 12.0 Å².